The number of hydrogen-bond donors (Lipinski definition) is 1. The van der Waals surface area contributed by atoms with Crippen LogP contribution in [0.25, 0.3) is 0 Å². The summed E-state index contributed by atoms with van der Waals surface area (Å²) in [6.45, 7) is 2.45. The molecule has 26 heavy (non-hydrogen) atoms. The summed E-state index contributed by atoms with van der Waals surface area (Å²) in [6, 6.07) is 11.7. The molecule has 2 aromatic carbocycles. The molecule has 0 saturated carbocycles. The van der Waals surface area contributed by atoms with Gasteiger partial charge in [-0.25, -0.2) is 4.39 Å². The van der Waals surface area contributed by atoms with E-state index in [1.807, 2.05) is 0 Å². The number of benzene rings is 2. The Kier molecular flexibility index (Phi) is 6.12. The molecule has 0 unspecified atom stereocenters. The molecular formula is C20H22ClFN2O2. The van der Waals surface area contributed by atoms with Crippen LogP contribution in [-0.2, 0) is 11.3 Å². The molecule has 1 N–H and O–H groups in total. The molecule has 1 aliphatic rings. The van der Waals surface area contributed by atoms with E-state index in [-0.39, 0.29) is 17.6 Å². The highest BCUT2D eigenvalue weighted by Crippen LogP contribution is 2.29. The van der Waals surface area contributed by atoms with Crippen molar-refractivity contribution < 1.29 is 13.9 Å². The van der Waals surface area contributed by atoms with Crippen molar-refractivity contribution in [3.63, 3.8) is 0 Å². The Morgan fingerprint density at radius 1 is 1.23 bits per heavy atom. The molecule has 1 fully saturated rings. The first-order valence-corrected chi connectivity index (χ1v) is 9.04. The summed E-state index contributed by atoms with van der Waals surface area (Å²) in [4.78, 5) is 14.9. The van der Waals surface area contributed by atoms with E-state index in [9.17, 15) is 9.18 Å². The van der Waals surface area contributed by atoms with E-state index in [0.29, 0.717) is 16.5 Å². The van der Waals surface area contributed by atoms with Gasteiger partial charge in [-0.05, 0) is 61.8 Å². The molecule has 0 radical (unpaired) electrons. The number of amides is 1. The third kappa shape index (κ3) is 4.74. The average Bonchev–Trinajstić information content (AvgIpc) is 2.64. The van der Waals surface area contributed by atoms with Gasteiger partial charge in [0.15, 0.2) is 0 Å². The number of carbonyl (C=O) groups is 1. The summed E-state index contributed by atoms with van der Waals surface area (Å²) in [5.41, 5.74) is 1.68. The fraction of sp³-hybridized carbons (Fsp3) is 0.350. The third-order valence-electron chi connectivity index (χ3n) is 4.70. The molecule has 0 aromatic heterocycles. The van der Waals surface area contributed by atoms with E-state index in [2.05, 4.69) is 10.2 Å². The lowest BCUT2D eigenvalue weighted by atomic mass is 9.95. The van der Waals surface area contributed by atoms with E-state index in [4.69, 9.17) is 16.3 Å². The van der Waals surface area contributed by atoms with E-state index in [1.165, 1.54) is 12.1 Å². The number of methoxy groups -OCH3 is 1. The second-order valence-electron chi connectivity index (χ2n) is 6.51. The summed E-state index contributed by atoms with van der Waals surface area (Å²) in [5, 5.41) is 3.49. The fourth-order valence-corrected chi connectivity index (χ4v) is 3.39. The number of nitrogens with zero attached hydrogens (tertiary/aromatic N) is 1. The van der Waals surface area contributed by atoms with Gasteiger partial charge in [0.05, 0.1) is 12.8 Å². The molecule has 0 atom stereocenters. The van der Waals surface area contributed by atoms with Crippen LogP contribution in [0.5, 0.6) is 5.75 Å². The molecule has 138 valence electrons. The first-order chi connectivity index (χ1) is 12.5. The first-order valence-electron chi connectivity index (χ1n) is 8.66. The minimum Gasteiger partial charge on any atom is -0.495 e. The lowest BCUT2D eigenvalue weighted by molar-refractivity contribution is -0.121. The van der Waals surface area contributed by atoms with Crippen LogP contribution >= 0.6 is 11.6 Å². The predicted octanol–water partition coefficient (Wildman–Crippen LogP) is 4.34. The van der Waals surface area contributed by atoms with Crippen LogP contribution in [-0.4, -0.2) is 31.0 Å². The summed E-state index contributed by atoms with van der Waals surface area (Å²) in [5.74, 6) is 0.326. The van der Waals surface area contributed by atoms with Crippen LogP contribution in [0.2, 0.25) is 5.02 Å². The molecule has 0 spiro atoms. The van der Waals surface area contributed by atoms with Crippen LogP contribution in [0, 0.1) is 11.7 Å². The highest BCUT2D eigenvalue weighted by atomic mass is 35.5. The number of nitrogens with one attached hydrogen (secondary N) is 1. The second-order valence-corrected chi connectivity index (χ2v) is 6.95. The van der Waals surface area contributed by atoms with Crippen molar-refractivity contribution >= 4 is 23.2 Å². The van der Waals surface area contributed by atoms with Crippen molar-refractivity contribution in [3.05, 3.63) is 58.9 Å². The SMILES string of the molecule is COc1ccc(Cl)cc1NC(=O)C1CCN(Cc2ccc(F)cc2)CC1. The van der Waals surface area contributed by atoms with Crippen molar-refractivity contribution in [3.8, 4) is 5.75 Å². The Bertz CT molecular complexity index is 759. The van der Waals surface area contributed by atoms with Crippen molar-refractivity contribution in [1.82, 2.24) is 4.90 Å². The van der Waals surface area contributed by atoms with Crippen LogP contribution in [0.3, 0.4) is 0 Å². The Balaban J connectivity index is 1.53. The Morgan fingerprint density at radius 3 is 2.58 bits per heavy atom. The molecule has 0 aliphatic carbocycles. The van der Waals surface area contributed by atoms with Gasteiger partial charge in [-0.2, -0.15) is 0 Å². The van der Waals surface area contributed by atoms with Gasteiger partial charge in [-0.15, -0.1) is 0 Å². The number of ether oxygens (including phenoxy) is 1. The number of halogens is 2. The summed E-state index contributed by atoms with van der Waals surface area (Å²) in [6.07, 6.45) is 1.58. The number of rotatable bonds is 5. The molecule has 1 amide bonds. The maximum atomic E-state index is 13.0. The summed E-state index contributed by atoms with van der Waals surface area (Å²) >= 11 is 6.01. The van der Waals surface area contributed by atoms with Gasteiger partial charge in [0.2, 0.25) is 5.91 Å². The molecule has 2 aromatic rings. The molecule has 6 heteroatoms. The average molecular weight is 377 g/mol. The van der Waals surface area contributed by atoms with Crippen molar-refractivity contribution in [2.75, 3.05) is 25.5 Å². The Labute approximate surface area is 157 Å². The zero-order valence-electron chi connectivity index (χ0n) is 14.7. The van der Waals surface area contributed by atoms with E-state index >= 15 is 0 Å². The normalized spacial score (nSPS) is 15.7. The van der Waals surface area contributed by atoms with Crippen LogP contribution in [0.15, 0.2) is 42.5 Å². The predicted molar refractivity (Wildman–Crippen MR) is 101 cm³/mol. The van der Waals surface area contributed by atoms with Crippen LogP contribution in [0.4, 0.5) is 10.1 Å². The molecular weight excluding hydrogens is 355 g/mol. The zero-order valence-corrected chi connectivity index (χ0v) is 15.4. The monoisotopic (exact) mass is 376 g/mol. The van der Waals surface area contributed by atoms with Gasteiger partial charge in [0, 0.05) is 17.5 Å². The van der Waals surface area contributed by atoms with Gasteiger partial charge in [0.1, 0.15) is 11.6 Å². The van der Waals surface area contributed by atoms with Crippen molar-refractivity contribution in [1.29, 1.82) is 0 Å². The van der Waals surface area contributed by atoms with E-state index in [1.54, 1.807) is 37.4 Å². The van der Waals surface area contributed by atoms with Crippen molar-refractivity contribution in [2.45, 2.75) is 19.4 Å². The van der Waals surface area contributed by atoms with E-state index in [0.717, 1.165) is 38.0 Å². The van der Waals surface area contributed by atoms with Gasteiger partial charge >= 0.3 is 0 Å². The molecule has 4 nitrogen and oxygen atoms in total. The standard InChI is InChI=1S/C20H22ClFN2O2/c1-26-19-7-4-16(21)12-18(19)23-20(25)15-8-10-24(11-9-15)13-14-2-5-17(22)6-3-14/h2-7,12,15H,8-11,13H2,1H3,(H,23,25). The minimum absolute atomic E-state index is 0.00741. The van der Waals surface area contributed by atoms with Gasteiger partial charge < -0.3 is 10.1 Å². The van der Waals surface area contributed by atoms with Gasteiger partial charge in [-0.1, -0.05) is 23.7 Å². The van der Waals surface area contributed by atoms with Crippen molar-refractivity contribution in [2.24, 2.45) is 5.92 Å². The maximum Gasteiger partial charge on any atom is 0.227 e. The van der Waals surface area contributed by atoms with Crippen LogP contribution in [0.1, 0.15) is 18.4 Å². The highest BCUT2D eigenvalue weighted by Gasteiger charge is 2.25. The number of anilines is 1. The first kappa shape index (κ1) is 18.7. The maximum absolute atomic E-state index is 13.0. The summed E-state index contributed by atoms with van der Waals surface area (Å²) < 4.78 is 18.3. The quantitative estimate of drug-likeness (QED) is 0.844. The second kappa shape index (κ2) is 8.52. The Morgan fingerprint density at radius 2 is 1.92 bits per heavy atom. The smallest absolute Gasteiger partial charge is 0.227 e. The van der Waals surface area contributed by atoms with Gasteiger partial charge in [-0.3, -0.25) is 9.69 Å². The fourth-order valence-electron chi connectivity index (χ4n) is 3.21. The third-order valence-corrected chi connectivity index (χ3v) is 4.93. The van der Waals surface area contributed by atoms with Crippen LogP contribution < -0.4 is 10.1 Å². The minimum atomic E-state index is -0.222. The van der Waals surface area contributed by atoms with Gasteiger partial charge in [0.25, 0.3) is 0 Å². The topological polar surface area (TPSA) is 41.6 Å². The Hall–Kier alpha value is -2.11. The largest absolute Gasteiger partial charge is 0.495 e. The summed E-state index contributed by atoms with van der Waals surface area (Å²) in [7, 11) is 1.56. The number of piperidine rings is 1. The lowest BCUT2D eigenvalue weighted by Gasteiger charge is -2.31. The molecule has 3 rings (SSSR count). The zero-order chi connectivity index (χ0) is 18.5. The number of likely N-dealkylation sites (tertiary alicyclic amines) is 1. The molecule has 1 saturated heterocycles. The number of carbonyl (C=O) groups excluding carboxylic acids is 1. The number of hydrogen-bond acceptors (Lipinski definition) is 3. The molecule has 1 aliphatic heterocycles. The highest BCUT2D eigenvalue weighted by molar-refractivity contribution is 6.31. The molecule has 1 heterocycles. The molecule has 0 bridgehead atoms. The van der Waals surface area contributed by atoms with E-state index < -0.39 is 0 Å². The lowest BCUT2D eigenvalue weighted by Crippen LogP contribution is -2.37.